The summed E-state index contributed by atoms with van der Waals surface area (Å²) in [6.45, 7) is 7.73. The summed E-state index contributed by atoms with van der Waals surface area (Å²) in [5, 5.41) is 21.3. The molecule has 1 aromatic rings. The van der Waals surface area contributed by atoms with E-state index in [0.717, 1.165) is 16.7 Å². The minimum atomic E-state index is -0.962. The van der Waals surface area contributed by atoms with E-state index in [1.807, 2.05) is 13.8 Å². The lowest BCUT2D eigenvalue weighted by atomic mass is 9.99. The molecule has 1 rings (SSSR count). The molecule has 0 bridgehead atoms. The molecule has 0 fully saturated rings. The smallest absolute Gasteiger partial charge is 0.321 e. The minimum absolute atomic E-state index is 0.172. The zero-order valence-corrected chi connectivity index (χ0v) is 12.3. The van der Waals surface area contributed by atoms with Crippen molar-refractivity contribution in [2.75, 3.05) is 0 Å². The Balaban J connectivity index is 2.86. The highest BCUT2D eigenvalue weighted by atomic mass is 35.5. The van der Waals surface area contributed by atoms with Gasteiger partial charge >= 0.3 is 5.97 Å². The summed E-state index contributed by atoms with van der Waals surface area (Å²) >= 11 is 5.67. The molecular formula is C15H17ClN2O2. The Hall–Kier alpha value is -1.83. The number of nitriles is 1. The number of nitrogens with zero attached hydrogens (tertiary/aromatic N) is 1. The van der Waals surface area contributed by atoms with E-state index in [1.165, 1.54) is 0 Å². The van der Waals surface area contributed by atoms with Crippen LogP contribution < -0.4 is 5.32 Å². The maximum atomic E-state index is 11.1. The van der Waals surface area contributed by atoms with Crippen LogP contribution in [-0.4, -0.2) is 17.1 Å². The molecule has 106 valence electrons. The number of benzene rings is 1. The van der Waals surface area contributed by atoms with E-state index in [0.29, 0.717) is 17.1 Å². The molecule has 5 heteroatoms. The average molecular weight is 293 g/mol. The largest absolute Gasteiger partial charge is 0.480 e. The minimum Gasteiger partial charge on any atom is -0.480 e. The molecule has 0 heterocycles. The lowest BCUT2D eigenvalue weighted by molar-refractivity contribution is -0.139. The molecular weight excluding hydrogens is 276 g/mol. The van der Waals surface area contributed by atoms with Crippen LogP contribution in [0, 0.1) is 25.2 Å². The number of hydrogen-bond donors (Lipinski definition) is 2. The topological polar surface area (TPSA) is 73.1 Å². The summed E-state index contributed by atoms with van der Waals surface area (Å²) < 4.78 is 0. The van der Waals surface area contributed by atoms with E-state index in [4.69, 9.17) is 22.0 Å². The summed E-state index contributed by atoms with van der Waals surface area (Å²) in [5.41, 5.74) is 3.52. The van der Waals surface area contributed by atoms with Gasteiger partial charge in [-0.1, -0.05) is 18.2 Å². The van der Waals surface area contributed by atoms with Crippen molar-refractivity contribution in [2.24, 2.45) is 0 Å². The number of carboxylic acid groups (broad SMARTS) is 1. The Morgan fingerprint density at radius 1 is 1.50 bits per heavy atom. The van der Waals surface area contributed by atoms with E-state index in [9.17, 15) is 4.79 Å². The fourth-order valence-corrected chi connectivity index (χ4v) is 2.18. The van der Waals surface area contributed by atoms with Crippen molar-refractivity contribution in [3.05, 3.63) is 46.0 Å². The lowest BCUT2D eigenvalue weighted by Gasteiger charge is -2.16. The van der Waals surface area contributed by atoms with Crippen LogP contribution in [0.3, 0.4) is 0 Å². The standard InChI is InChI=1S/C15H17ClN2O2/c1-9-4-12(7-17)5-10(2)13(9)8-18-14(15(19)20)6-11(3)16/h4-5,14,18H,3,6,8H2,1-2H3,(H,19,20). The molecule has 0 saturated carbocycles. The van der Waals surface area contributed by atoms with Gasteiger partial charge in [-0.3, -0.25) is 10.1 Å². The highest BCUT2D eigenvalue weighted by Gasteiger charge is 2.18. The number of aryl methyl sites for hydroxylation is 2. The Kier molecular flexibility index (Phi) is 5.75. The summed E-state index contributed by atoms with van der Waals surface area (Å²) in [6.07, 6.45) is 0.172. The predicted molar refractivity (Wildman–Crippen MR) is 78.5 cm³/mol. The summed E-state index contributed by atoms with van der Waals surface area (Å²) in [4.78, 5) is 11.1. The number of aliphatic carboxylic acids is 1. The van der Waals surface area contributed by atoms with Gasteiger partial charge < -0.3 is 5.11 Å². The van der Waals surface area contributed by atoms with Gasteiger partial charge in [0.25, 0.3) is 0 Å². The Morgan fingerprint density at radius 2 is 2.05 bits per heavy atom. The van der Waals surface area contributed by atoms with Crippen LogP contribution in [0.15, 0.2) is 23.7 Å². The van der Waals surface area contributed by atoms with Crippen LogP contribution in [0.4, 0.5) is 0 Å². The van der Waals surface area contributed by atoms with Gasteiger partial charge in [0.1, 0.15) is 6.04 Å². The third-order valence-corrected chi connectivity index (χ3v) is 3.23. The SMILES string of the molecule is C=C(Cl)CC(NCc1c(C)cc(C#N)cc1C)C(=O)O. The van der Waals surface area contributed by atoms with Crippen molar-refractivity contribution < 1.29 is 9.90 Å². The second-order valence-electron chi connectivity index (χ2n) is 4.69. The normalized spacial score (nSPS) is 11.7. The van der Waals surface area contributed by atoms with Crippen LogP contribution in [0.1, 0.15) is 28.7 Å². The van der Waals surface area contributed by atoms with Crippen molar-refractivity contribution in [2.45, 2.75) is 32.9 Å². The number of hydrogen-bond acceptors (Lipinski definition) is 3. The number of halogens is 1. The van der Waals surface area contributed by atoms with Gasteiger partial charge in [-0.2, -0.15) is 5.26 Å². The molecule has 0 saturated heterocycles. The molecule has 0 amide bonds. The zero-order valence-electron chi connectivity index (χ0n) is 11.5. The summed E-state index contributed by atoms with van der Waals surface area (Å²) in [6, 6.07) is 4.92. The third-order valence-electron chi connectivity index (χ3n) is 3.07. The van der Waals surface area contributed by atoms with Gasteiger partial charge in [0, 0.05) is 18.0 Å². The molecule has 1 aromatic carbocycles. The van der Waals surface area contributed by atoms with Crippen molar-refractivity contribution >= 4 is 17.6 Å². The van der Waals surface area contributed by atoms with Gasteiger partial charge in [0.2, 0.25) is 0 Å². The van der Waals surface area contributed by atoms with Crippen molar-refractivity contribution in [3.8, 4) is 6.07 Å². The number of carbonyl (C=O) groups is 1. The van der Waals surface area contributed by atoms with Crippen LogP contribution in [0.2, 0.25) is 0 Å². The maximum absolute atomic E-state index is 11.1. The van der Waals surface area contributed by atoms with Crippen LogP contribution in [0.25, 0.3) is 0 Å². The highest BCUT2D eigenvalue weighted by molar-refractivity contribution is 6.29. The van der Waals surface area contributed by atoms with Gasteiger partial charge in [0.05, 0.1) is 11.6 Å². The molecule has 0 spiro atoms. The van der Waals surface area contributed by atoms with Gasteiger partial charge in [-0.15, -0.1) is 0 Å². The Labute approximate surface area is 123 Å². The third kappa shape index (κ3) is 4.37. The number of nitrogens with one attached hydrogen (secondary N) is 1. The second kappa shape index (κ2) is 7.09. The van der Waals surface area contributed by atoms with Crippen LogP contribution in [-0.2, 0) is 11.3 Å². The molecule has 0 aliphatic carbocycles. The van der Waals surface area contributed by atoms with E-state index >= 15 is 0 Å². The predicted octanol–water partition coefficient (Wildman–Crippen LogP) is 2.86. The number of rotatable bonds is 6. The maximum Gasteiger partial charge on any atom is 0.321 e. The first-order valence-corrected chi connectivity index (χ1v) is 6.52. The van der Waals surface area contributed by atoms with Gasteiger partial charge in [-0.25, -0.2) is 0 Å². The molecule has 0 radical (unpaired) electrons. The fraction of sp³-hybridized carbons (Fsp3) is 0.333. The second-order valence-corrected chi connectivity index (χ2v) is 5.23. The molecule has 0 aliphatic rings. The van der Waals surface area contributed by atoms with Gasteiger partial charge in [-0.05, 0) is 42.7 Å². The van der Waals surface area contributed by atoms with Gasteiger partial charge in [0.15, 0.2) is 0 Å². The van der Waals surface area contributed by atoms with E-state index < -0.39 is 12.0 Å². The van der Waals surface area contributed by atoms with Crippen LogP contribution in [0.5, 0.6) is 0 Å². The molecule has 2 N–H and O–H groups in total. The van der Waals surface area contributed by atoms with Crippen molar-refractivity contribution in [1.29, 1.82) is 5.26 Å². The first kappa shape index (κ1) is 16.2. The quantitative estimate of drug-likeness (QED) is 0.845. The highest BCUT2D eigenvalue weighted by Crippen LogP contribution is 2.17. The number of carboxylic acids is 1. The van der Waals surface area contributed by atoms with E-state index in [-0.39, 0.29) is 6.42 Å². The molecule has 0 aromatic heterocycles. The van der Waals surface area contributed by atoms with Crippen molar-refractivity contribution in [1.82, 2.24) is 5.32 Å². The van der Waals surface area contributed by atoms with E-state index in [2.05, 4.69) is 18.0 Å². The summed E-state index contributed by atoms with van der Waals surface area (Å²) in [5.74, 6) is -0.962. The Bertz CT molecular complexity index is 553. The van der Waals surface area contributed by atoms with Crippen molar-refractivity contribution in [3.63, 3.8) is 0 Å². The van der Waals surface area contributed by atoms with E-state index in [1.54, 1.807) is 12.1 Å². The monoisotopic (exact) mass is 292 g/mol. The molecule has 0 aliphatic heterocycles. The lowest BCUT2D eigenvalue weighted by Crippen LogP contribution is -2.36. The average Bonchev–Trinajstić information content (AvgIpc) is 2.35. The Morgan fingerprint density at radius 3 is 2.45 bits per heavy atom. The first-order valence-electron chi connectivity index (χ1n) is 6.14. The first-order chi connectivity index (χ1) is 9.35. The molecule has 4 nitrogen and oxygen atoms in total. The molecule has 1 atom stereocenters. The molecule has 1 unspecified atom stereocenters. The van der Waals surface area contributed by atoms with Crippen LogP contribution >= 0.6 is 11.6 Å². The fourth-order valence-electron chi connectivity index (χ4n) is 2.03. The zero-order chi connectivity index (χ0) is 15.3. The summed E-state index contributed by atoms with van der Waals surface area (Å²) in [7, 11) is 0. The molecule has 20 heavy (non-hydrogen) atoms.